The molecule has 0 aromatic heterocycles. The van der Waals surface area contributed by atoms with Crippen LogP contribution in [0.5, 0.6) is 0 Å². The minimum atomic E-state index is -0.487. The summed E-state index contributed by atoms with van der Waals surface area (Å²) in [6.07, 6.45) is 3.56. The summed E-state index contributed by atoms with van der Waals surface area (Å²) in [5.74, 6) is 0. The van der Waals surface area contributed by atoms with Crippen LogP contribution in [0.25, 0.3) is 0 Å². The summed E-state index contributed by atoms with van der Waals surface area (Å²) in [4.78, 5) is 0. The average molecular weight is 261 g/mol. The number of hydrogen-bond acceptors (Lipinski definition) is 2. The van der Waals surface area contributed by atoms with Gasteiger partial charge in [-0.25, -0.2) is 0 Å². The first-order chi connectivity index (χ1) is 5.41. The molecule has 0 heterocycles. The van der Waals surface area contributed by atoms with Crippen LogP contribution in [-0.2, 0) is 9.47 Å². The van der Waals surface area contributed by atoms with Crippen molar-refractivity contribution in [2.45, 2.75) is 13.8 Å². The number of ether oxygens (including phenoxy) is 2. The Kier molecular flexibility index (Phi) is 9.77. The van der Waals surface area contributed by atoms with Gasteiger partial charge in [0.1, 0.15) is 0 Å². The van der Waals surface area contributed by atoms with Crippen LogP contribution in [-0.4, -0.2) is 34.4 Å². The van der Waals surface area contributed by atoms with Gasteiger partial charge in [0.2, 0.25) is 0 Å². The zero-order valence-corrected chi connectivity index (χ0v) is 9.89. The van der Waals surface area contributed by atoms with Crippen LogP contribution >= 0.6 is 0 Å². The van der Waals surface area contributed by atoms with Crippen molar-refractivity contribution in [1.82, 2.24) is 0 Å². The molecule has 2 nitrogen and oxygen atoms in total. The molecule has 0 saturated heterocycles. The monoisotopic (exact) mass is 262 g/mol. The van der Waals surface area contributed by atoms with E-state index in [0.717, 1.165) is 13.2 Å². The molecule has 2 radical (unpaired) electrons. The molecule has 0 spiro atoms. The Morgan fingerprint density at radius 2 is 1.45 bits per heavy atom. The van der Waals surface area contributed by atoms with E-state index in [1.165, 1.54) is 0 Å². The average Bonchev–Trinajstić information content (AvgIpc) is 2.03. The topological polar surface area (TPSA) is 18.5 Å². The second kappa shape index (κ2) is 9.88. The fourth-order valence-corrected chi connectivity index (χ4v) is 1.74. The number of rotatable bonds is 6. The van der Waals surface area contributed by atoms with Crippen molar-refractivity contribution >= 4 is 21.1 Å². The fourth-order valence-electron chi connectivity index (χ4n) is 0.423. The van der Waals surface area contributed by atoms with Gasteiger partial charge >= 0.3 is 78.4 Å². The van der Waals surface area contributed by atoms with Crippen LogP contribution < -0.4 is 0 Å². The molecule has 0 saturated carbocycles. The Hall–Kier alpha value is -0.121. The van der Waals surface area contributed by atoms with Crippen molar-refractivity contribution < 1.29 is 9.47 Å². The third kappa shape index (κ3) is 9.88. The summed E-state index contributed by atoms with van der Waals surface area (Å²) < 4.78 is 14.3. The number of hydrogen-bond donors (Lipinski definition) is 0. The van der Waals surface area contributed by atoms with E-state index in [0.29, 0.717) is 0 Å². The zero-order valence-electron chi connectivity index (χ0n) is 7.04. The van der Waals surface area contributed by atoms with E-state index in [1.54, 1.807) is 12.5 Å². The van der Waals surface area contributed by atoms with E-state index >= 15 is 0 Å². The third-order valence-corrected chi connectivity index (χ3v) is 2.73. The molecule has 0 unspecified atom stereocenters. The van der Waals surface area contributed by atoms with Gasteiger partial charge < -0.3 is 0 Å². The predicted octanol–water partition coefficient (Wildman–Crippen LogP) is 1.71. The summed E-state index contributed by atoms with van der Waals surface area (Å²) in [6.45, 7) is 5.47. The Morgan fingerprint density at radius 1 is 1.00 bits per heavy atom. The van der Waals surface area contributed by atoms with E-state index < -0.39 is 21.1 Å². The van der Waals surface area contributed by atoms with Crippen LogP contribution in [0.3, 0.4) is 0 Å². The zero-order chi connectivity index (χ0) is 8.36. The second-order valence-electron chi connectivity index (χ2n) is 1.68. The Bertz CT molecular complexity index is 107. The van der Waals surface area contributed by atoms with Crippen LogP contribution in [0.15, 0.2) is 20.7 Å². The summed E-state index contributed by atoms with van der Waals surface area (Å²) in [7, 11) is 0. The Morgan fingerprint density at radius 3 is 1.82 bits per heavy atom. The second-order valence-corrected chi connectivity index (χ2v) is 4.54. The van der Waals surface area contributed by atoms with E-state index in [1.807, 2.05) is 13.8 Å². The van der Waals surface area contributed by atoms with E-state index in [9.17, 15) is 0 Å². The summed E-state index contributed by atoms with van der Waals surface area (Å²) in [5, 5.41) is 0. The van der Waals surface area contributed by atoms with Gasteiger partial charge in [-0.1, -0.05) is 0 Å². The molecule has 0 aliphatic rings. The summed E-state index contributed by atoms with van der Waals surface area (Å²) >= 11 is -0.487. The molecule has 0 aliphatic heterocycles. The van der Waals surface area contributed by atoms with Gasteiger partial charge in [-0.2, -0.15) is 0 Å². The molecule has 0 bridgehead atoms. The van der Waals surface area contributed by atoms with Crippen molar-refractivity contribution in [2.75, 3.05) is 13.2 Å². The van der Waals surface area contributed by atoms with Crippen LogP contribution in [0.4, 0.5) is 0 Å². The van der Waals surface area contributed by atoms with Crippen molar-refractivity contribution in [3.8, 4) is 0 Å². The summed E-state index contributed by atoms with van der Waals surface area (Å²) in [5.41, 5.74) is 0. The van der Waals surface area contributed by atoms with Gasteiger partial charge in [-0.05, 0) is 0 Å². The van der Waals surface area contributed by atoms with E-state index in [4.69, 9.17) is 9.47 Å². The first-order valence-electron chi connectivity index (χ1n) is 3.71. The maximum atomic E-state index is 5.03. The normalized spacial score (nSPS) is 11.1. The van der Waals surface area contributed by atoms with Gasteiger partial charge in [0.15, 0.2) is 0 Å². The van der Waals surface area contributed by atoms with E-state index in [2.05, 4.69) is 8.18 Å². The van der Waals surface area contributed by atoms with Crippen LogP contribution in [0.2, 0.25) is 0 Å². The molecule has 0 aliphatic carbocycles. The molecule has 0 aromatic carbocycles. The van der Waals surface area contributed by atoms with E-state index in [-0.39, 0.29) is 0 Å². The quantitative estimate of drug-likeness (QED) is 0.535. The molecule has 0 atom stereocenters. The molecule has 0 rings (SSSR count). The van der Waals surface area contributed by atoms with Gasteiger partial charge in [-0.3, -0.25) is 0 Å². The first-order valence-corrected chi connectivity index (χ1v) is 7.00. The van der Waals surface area contributed by atoms with Crippen molar-refractivity contribution in [2.24, 2.45) is 0 Å². The SMILES string of the molecule is CCOC=[CH][Sn][CH]=COCC. The van der Waals surface area contributed by atoms with Crippen molar-refractivity contribution in [1.29, 1.82) is 0 Å². The molecule has 3 heteroatoms. The molecule has 0 amide bonds. The molecule has 62 valence electrons. The summed E-state index contributed by atoms with van der Waals surface area (Å²) in [6, 6.07) is 0. The van der Waals surface area contributed by atoms with Crippen molar-refractivity contribution in [3.63, 3.8) is 0 Å². The fraction of sp³-hybridized carbons (Fsp3) is 0.500. The Labute approximate surface area is 78.5 Å². The first kappa shape index (κ1) is 10.9. The predicted molar refractivity (Wildman–Crippen MR) is 47.3 cm³/mol. The molecular formula is C8H14O2Sn. The van der Waals surface area contributed by atoms with Crippen molar-refractivity contribution in [3.05, 3.63) is 20.7 Å². The molecule has 0 fully saturated rings. The Balaban J connectivity index is 3.11. The molecule has 0 aromatic rings. The van der Waals surface area contributed by atoms with Gasteiger partial charge in [-0.15, -0.1) is 0 Å². The minimum absolute atomic E-state index is 0.487. The van der Waals surface area contributed by atoms with Gasteiger partial charge in [0, 0.05) is 0 Å². The molecule has 0 N–H and O–H groups in total. The maximum absolute atomic E-state index is 5.03. The van der Waals surface area contributed by atoms with Gasteiger partial charge in [0.25, 0.3) is 0 Å². The van der Waals surface area contributed by atoms with Gasteiger partial charge in [0.05, 0.1) is 0 Å². The third-order valence-electron chi connectivity index (χ3n) is 0.854. The molecular weight excluding hydrogens is 247 g/mol. The van der Waals surface area contributed by atoms with Crippen LogP contribution in [0, 0.1) is 0 Å². The van der Waals surface area contributed by atoms with Crippen LogP contribution in [0.1, 0.15) is 13.8 Å². The standard InChI is InChI=1S/2C4H7O.Sn/c2*1-3-5-4-2;/h2*1,3H,4H2,2H3;. The molecule has 11 heavy (non-hydrogen) atoms.